The van der Waals surface area contributed by atoms with Crippen molar-refractivity contribution >= 4 is 5.91 Å². The topological polar surface area (TPSA) is 32.3 Å². The normalized spacial score (nSPS) is 26.5. The number of benzene rings is 1. The molecule has 2 unspecified atom stereocenters. The van der Waals surface area contributed by atoms with Gasteiger partial charge in [0.05, 0.1) is 5.54 Å². The van der Waals surface area contributed by atoms with E-state index in [1.165, 1.54) is 5.56 Å². The summed E-state index contributed by atoms with van der Waals surface area (Å²) in [6, 6.07) is 8.46. The predicted molar refractivity (Wildman–Crippen MR) is 86.9 cm³/mol. The lowest BCUT2D eigenvalue weighted by molar-refractivity contribution is -0.134. The minimum absolute atomic E-state index is 0.0257. The van der Waals surface area contributed by atoms with Crippen LogP contribution in [0.2, 0.25) is 0 Å². The summed E-state index contributed by atoms with van der Waals surface area (Å²) < 4.78 is 0. The third kappa shape index (κ3) is 3.29. The molecule has 0 aromatic heterocycles. The minimum atomic E-state index is -0.458. The van der Waals surface area contributed by atoms with E-state index >= 15 is 0 Å². The highest BCUT2D eigenvalue weighted by atomic mass is 16.2. The Hall–Kier alpha value is -1.35. The summed E-state index contributed by atoms with van der Waals surface area (Å²) >= 11 is 0. The summed E-state index contributed by atoms with van der Waals surface area (Å²) in [5.41, 5.74) is 2.03. The van der Waals surface area contributed by atoms with Gasteiger partial charge in [0.2, 0.25) is 5.91 Å². The number of carbonyl (C=O) groups excluding carboxylic acids is 1. The van der Waals surface area contributed by atoms with Crippen LogP contribution in [0.4, 0.5) is 0 Å². The molecule has 1 aliphatic rings. The SMILES string of the molecule is CCC1(C)NC(c2ccc(C)cc2)N(CC(C)(C)C)C1=O. The molecule has 1 N–H and O–H groups in total. The summed E-state index contributed by atoms with van der Waals surface area (Å²) in [4.78, 5) is 14.9. The zero-order chi connectivity index (χ0) is 15.8. The van der Waals surface area contributed by atoms with E-state index in [0.29, 0.717) is 0 Å². The van der Waals surface area contributed by atoms with Crippen LogP contribution in [-0.2, 0) is 4.79 Å². The quantitative estimate of drug-likeness (QED) is 0.921. The van der Waals surface area contributed by atoms with E-state index in [-0.39, 0.29) is 17.5 Å². The summed E-state index contributed by atoms with van der Waals surface area (Å²) in [5, 5.41) is 3.55. The van der Waals surface area contributed by atoms with Gasteiger partial charge in [0.15, 0.2) is 0 Å². The second kappa shape index (κ2) is 5.45. The first kappa shape index (κ1) is 16.0. The molecule has 2 rings (SSSR count). The number of carbonyl (C=O) groups is 1. The molecule has 1 aromatic carbocycles. The smallest absolute Gasteiger partial charge is 0.244 e. The standard InChI is InChI=1S/C18H28N2O/c1-7-18(6)16(21)20(12-17(3,4)5)15(19-18)14-10-8-13(2)9-11-14/h8-11,15,19H,7,12H2,1-6H3. The number of nitrogens with zero attached hydrogens (tertiary/aromatic N) is 1. The van der Waals surface area contributed by atoms with Crippen LogP contribution in [0.3, 0.4) is 0 Å². The fraction of sp³-hybridized carbons (Fsp3) is 0.611. The third-order valence-electron chi connectivity index (χ3n) is 4.24. The fourth-order valence-electron chi connectivity index (χ4n) is 2.82. The van der Waals surface area contributed by atoms with Crippen molar-refractivity contribution in [3.05, 3.63) is 35.4 Å². The molecule has 21 heavy (non-hydrogen) atoms. The molecular formula is C18H28N2O. The van der Waals surface area contributed by atoms with Gasteiger partial charge in [-0.15, -0.1) is 0 Å². The molecule has 0 bridgehead atoms. The summed E-state index contributed by atoms with van der Waals surface area (Å²) in [7, 11) is 0. The van der Waals surface area contributed by atoms with Gasteiger partial charge in [0.25, 0.3) is 0 Å². The van der Waals surface area contributed by atoms with Crippen LogP contribution in [-0.4, -0.2) is 22.9 Å². The van der Waals surface area contributed by atoms with Crippen molar-refractivity contribution in [2.45, 2.75) is 59.7 Å². The van der Waals surface area contributed by atoms with Gasteiger partial charge in [-0.25, -0.2) is 0 Å². The Kier molecular flexibility index (Phi) is 4.16. The molecule has 0 aliphatic carbocycles. The van der Waals surface area contributed by atoms with Crippen molar-refractivity contribution in [1.29, 1.82) is 0 Å². The Morgan fingerprint density at radius 2 is 1.81 bits per heavy atom. The molecule has 1 aliphatic heterocycles. The summed E-state index contributed by atoms with van der Waals surface area (Å²) in [6.07, 6.45) is 0.775. The first-order valence-electron chi connectivity index (χ1n) is 7.82. The van der Waals surface area contributed by atoms with Crippen molar-refractivity contribution in [1.82, 2.24) is 10.2 Å². The van der Waals surface area contributed by atoms with Crippen LogP contribution in [0, 0.1) is 12.3 Å². The van der Waals surface area contributed by atoms with Crippen LogP contribution in [0.1, 0.15) is 58.3 Å². The molecule has 1 saturated heterocycles. The molecule has 116 valence electrons. The number of aryl methyl sites for hydroxylation is 1. The highest BCUT2D eigenvalue weighted by Crippen LogP contribution is 2.35. The molecule has 3 heteroatoms. The van der Waals surface area contributed by atoms with Crippen LogP contribution < -0.4 is 5.32 Å². The van der Waals surface area contributed by atoms with E-state index in [1.807, 2.05) is 11.8 Å². The van der Waals surface area contributed by atoms with E-state index in [2.05, 4.69) is 64.2 Å². The maximum absolute atomic E-state index is 12.9. The lowest BCUT2D eigenvalue weighted by Crippen LogP contribution is -2.43. The molecule has 0 saturated carbocycles. The molecule has 3 nitrogen and oxygen atoms in total. The number of hydrogen-bond donors (Lipinski definition) is 1. The van der Waals surface area contributed by atoms with Gasteiger partial charge in [0.1, 0.15) is 6.17 Å². The second-order valence-electron chi connectivity index (χ2n) is 7.64. The van der Waals surface area contributed by atoms with Crippen molar-refractivity contribution < 1.29 is 4.79 Å². The highest BCUT2D eigenvalue weighted by molar-refractivity contribution is 5.88. The molecule has 1 amide bonds. The Balaban J connectivity index is 2.36. The molecule has 2 atom stereocenters. The van der Waals surface area contributed by atoms with Gasteiger partial charge in [-0.05, 0) is 31.2 Å². The van der Waals surface area contributed by atoms with Gasteiger partial charge in [-0.1, -0.05) is 57.5 Å². The zero-order valence-corrected chi connectivity index (χ0v) is 14.2. The van der Waals surface area contributed by atoms with Crippen molar-refractivity contribution in [3.63, 3.8) is 0 Å². The number of amides is 1. The van der Waals surface area contributed by atoms with Crippen molar-refractivity contribution in [3.8, 4) is 0 Å². The lowest BCUT2D eigenvalue weighted by Gasteiger charge is -2.31. The number of hydrogen-bond acceptors (Lipinski definition) is 2. The Labute approximate surface area is 128 Å². The monoisotopic (exact) mass is 288 g/mol. The Bertz CT molecular complexity index is 515. The van der Waals surface area contributed by atoms with Crippen LogP contribution in [0.15, 0.2) is 24.3 Å². The lowest BCUT2D eigenvalue weighted by atomic mass is 9.94. The van der Waals surface area contributed by atoms with Crippen molar-refractivity contribution in [2.24, 2.45) is 5.41 Å². The van der Waals surface area contributed by atoms with E-state index in [1.54, 1.807) is 0 Å². The second-order valence-corrected chi connectivity index (χ2v) is 7.64. The predicted octanol–water partition coefficient (Wildman–Crippen LogP) is 3.64. The first-order chi connectivity index (χ1) is 9.66. The van der Waals surface area contributed by atoms with Crippen molar-refractivity contribution in [2.75, 3.05) is 6.54 Å². The largest absolute Gasteiger partial charge is 0.321 e. The molecular weight excluding hydrogens is 260 g/mol. The van der Waals surface area contributed by atoms with E-state index in [0.717, 1.165) is 18.5 Å². The molecule has 0 spiro atoms. The third-order valence-corrected chi connectivity index (χ3v) is 4.24. The fourth-order valence-corrected chi connectivity index (χ4v) is 2.82. The maximum Gasteiger partial charge on any atom is 0.244 e. The Morgan fingerprint density at radius 3 is 2.29 bits per heavy atom. The van der Waals surface area contributed by atoms with Gasteiger partial charge in [0, 0.05) is 6.54 Å². The van der Waals surface area contributed by atoms with E-state index in [4.69, 9.17) is 0 Å². The number of nitrogens with one attached hydrogen (secondary N) is 1. The minimum Gasteiger partial charge on any atom is -0.321 e. The van der Waals surface area contributed by atoms with Crippen LogP contribution >= 0.6 is 0 Å². The summed E-state index contributed by atoms with van der Waals surface area (Å²) in [5.74, 6) is 0.213. The van der Waals surface area contributed by atoms with Crippen LogP contribution in [0.25, 0.3) is 0 Å². The van der Waals surface area contributed by atoms with Gasteiger partial charge < -0.3 is 4.90 Å². The average Bonchev–Trinajstić information content (AvgIpc) is 2.64. The van der Waals surface area contributed by atoms with Gasteiger partial charge in [-0.3, -0.25) is 10.1 Å². The molecule has 1 aromatic rings. The Morgan fingerprint density at radius 1 is 1.24 bits per heavy atom. The van der Waals surface area contributed by atoms with E-state index in [9.17, 15) is 4.79 Å². The molecule has 1 fully saturated rings. The number of rotatable bonds is 3. The maximum atomic E-state index is 12.9. The van der Waals surface area contributed by atoms with Gasteiger partial charge in [-0.2, -0.15) is 0 Å². The van der Waals surface area contributed by atoms with Crippen LogP contribution in [0.5, 0.6) is 0 Å². The highest BCUT2D eigenvalue weighted by Gasteiger charge is 2.47. The first-order valence-corrected chi connectivity index (χ1v) is 7.82. The average molecular weight is 288 g/mol. The van der Waals surface area contributed by atoms with Gasteiger partial charge >= 0.3 is 0 Å². The van der Waals surface area contributed by atoms with E-state index < -0.39 is 5.54 Å². The zero-order valence-electron chi connectivity index (χ0n) is 14.2. The molecule has 0 radical (unpaired) electrons. The molecule has 1 heterocycles. The summed E-state index contributed by atoms with van der Waals surface area (Å²) in [6.45, 7) is 13.4.